The highest BCUT2D eigenvalue weighted by Crippen LogP contribution is 2.24. The minimum Gasteiger partial charge on any atom is -0.322 e. The van der Waals surface area contributed by atoms with E-state index in [4.69, 9.17) is 0 Å². The molecule has 0 saturated carbocycles. The average molecular weight is 369 g/mol. The first-order valence-electron chi connectivity index (χ1n) is 9.36. The Hall–Kier alpha value is -3.40. The number of aromatic nitrogens is 2. The summed E-state index contributed by atoms with van der Waals surface area (Å²) in [6.45, 7) is 6.48. The molecule has 0 saturated heterocycles. The van der Waals surface area contributed by atoms with Gasteiger partial charge in [0.15, 0.2) is 0 Å². The Balaban J connectivity index is 1.49. The van der Waals surface area contributed by atoms with Crippen LogP contribution < -0.4 is 5.32 Å². The van der Waals surface area contributed by atoms with E-state index in [-0.39, 0.29) is 11.3 Å². The summed E-state index contributed by atoms with van der Waals surface area (Å²) >= 11 is 0. The molecule has 1 amide bonds. The molecule has 0 atom stereocenters. The van der Waals surface area contributed by atoms with Gasteiger partial charge in [0, 0.05) is 29.2 Å². The number of amides is 1. The molecular weight excluding hydrogens is 346 g/mol. The van der Waals surface area contributed by atoms with Gasteiger partial charge >= 0.3 is 0 Å². The molecule has 4 heteroatoms. The number of pyridine rings is 1. The number of nitrogens with one attached hydrogen (secondary N) is 1. The monoisotopic (exact) mass is 369 g/mol. The lowest BCUT2D eigenvalue weighted by atomic mass is 9.87. The van der Waals surface area contributed by atoms with Crippen molar-refractivity contribution in [2.75, 3.05) is 5.32 Å². The highest BCUT2D eigenvalue weighted by Gasteiger charge is 2.14. The van der Waals surface area contributed by atoms with Crippen molar-refractivity contribution >= 4 is 17.2 Å². The molecule has 2 aromatic heterocycles. The SMILES string of the molecule is CC(C)(C)c1ccc(C(=O)Nc2ccc(-c3cn4ccccc4n3)cc2)cc1. The van der Waals surface area contributed by atoms with E-state index in [0.717, 1.165) is 22.6 Å². The van der Waals surface area contributed by atoms with Crippen LogP contribution in [-0.4, -0.2) is 15.3 Å². The summed E-state index contributed by atoms with van der Waals surface area (Å²) in [6, 6.07) is 21.5. The quantitative estimate of drug-likeness (QED) is 0.514. The van der Waals surface area contributed by atoms with Gasteiger partial charge in [-0.15, -0.1) is 0 Å². The van der Waals surface area contributed by atoms with Crippen molar-refractivity contribution in [3.63, 3.8) is 0 Å². The van der Waals surface area contributed by atoms with Crippen LogP contribution >= 0.6 is 0 Å². The molecule has 4 aromatic rings. The summed E-state index contributed by atoms with van der Waals surface area (Å²) in [5, 5.41) is 2.96. The minimum atomic E-state index is -0.110. The second-order valence-electron chi connectivity index (χ2n) is 7.95. The molecule has 2 aromatic carbocycles. The third kappa shape index (κ3) is 3.67. The number of benzene rings is 2. The summed E-state index contributed by atoms with van der Waals surface area (Å²) in [5.41, 5.74) is 5.52. The molecule has 28 heavy (non-hydrogen) atoms. The topological polar surface area (TPSA) is 46.4 Å². The van der Waals surface area contributed by atoms with Gasteiger partial charge in [-0.3, -0.25) is 4.79 Å². The molecule has 0 unspecified atom stereocenters. The van der Waals surface area contributed by atoms with Gasteiger partial charge in [-0.1, -0.05) is 51.1 Å². The van der Waals surface area contributed by atoms with Crippen LogP contribution in [0.15, 0.2) is 79.1 Å². The maximum absolute atomic E-state index is 12.5. The van der Waals surface area contributed by atoms with Crippen molar-refractivity contribution in [1.82, 2.24) is 9.38 Å². The summed E-state index contributed by atoms with van der Waals surface area (Å²) in [5.74, 6) is -0.110. The lowest BCUT2D eigenvalue weighted by Crippen LogP contribution is -2.14. The number of hydrogen-bond donors (Lipinski definition) is 1. The molecule has 0 spiro atoms. The Morgan fingerprint density at radius 2 is 1.64 bits per heavy atom. The van der Waals surface area contributed by atoms with Crippen LogP contribution in [0, 0.1) is 0 Å². The number of imidazole rings is 1. The molecule has 4 nitrogen and oxygen atoms in total. The number of rotatable bonds is 3. The van der Waals surface area contributed by atoms with E-state index in [1.165, 1.54) is 5.56 Å². The molecule has 0 aliphatic carbocycles. The highest BCUT2D eigenvalue weighted by molar-refractivity contribution is 6.04. The number of hydrogen-bond acceptors (Lipinski definition) is 2. The second-order valence-corrected chi connectivity index (χ2v) is 7.95. The van der Waals surface area contributed by atoms with Gasteiger partial charge in [0.1, 0.15) is 5.65 Å². The molecule has 2 heterocycles. The van der Waals surface area contributed by atoms with E-state index >= 15 is 0 Å². The predicted molar refractivity (Wildman–Crippen MR) is 114 cm³/mol. The highest BCUT2D eigenvalue weighted by atomic mass is 16.1. The van der Waals surface area contributed by atoms with Crippen LogP contribution in [0.5, 0.6) is 0 Å². The number of fused-ring (bicyclic) bond motifs is 1. The Labute approximate surface area is 164 Å². The molecule has 0 fully saturated rings. The molecule has 1 N–H and O–H groups in total. The number of anilines is 1. The zero-order valence-corrected chi connectivity index (χ0v) is 16.3. The van der Waals surface area contributed by atoms with Gasteiger partial charge in [-0.25, -0.2) is 4.98 Å². The van der Waals surface area contributed by atoms with Crippen LogP contribution in [0.2, 0.25) is 0 Å². The van der Waals surface area contributed by atoms with E-state index in [1.807, 2.05) is 83.5 Å². The van der Waals surface area contributed by atoms with Gasteiger partial charge in [-0.2, -0.15) is 0 Å². The summed E-state index contributed by atoms with van der Waals surface area (Å²) < 4.78 is 1.99. The van der Waals surface area contributed by atoms with E-state index in [9.17, 15) is 4.79 Å². The molecular formula is C24H23N3O. The van der Waals surface area contributed by atoms with Crippen molar-refractivity contribution in [3.8, 4) is 11.3 Å². The molecule has 0 radical (unpaired) electrons. The Bertz CT molecular complexity index is 1080. The van der Waals surface area contributed by atoms with Crippen molar-refractivity contribution in [1.29, 1.82) is 0 Å². The summed E-state index contributed by atoms with van der Waals surface area (Å²) in [7, 11) is 0. The Morgan fingerprint density at radius 3 is 2.29 bits per heavy atom. The molecule has 0 aliphatic rings. The van der Waals surface area contributed by atoms with Crippen LogP contribution in [0.25, 0.3) is 16.9 Å². The van der Waals surface area contributed by atoms with E-state index < -0.39 is 0 Å². The van der Waals surface area contributed by atoms with Crippen LogP contribution in [0.4, 0.5) is 5.69 Å². The van der Waals surface area contributed by atoms with E-state index in [1.54, 1.807) is 0 Å². The average Bonchev–Trinajstić information content (AvgIpc) is 3.12. The van der Waals surface area contributed by atoms with Crippen LogP contribution in [0.3, 0.4) is 0 Å². The second kappa shape index (κ2) is 6.97. The number of nitrogens with zero attached hydrogens (tertiary/aromatic N) is 2. The molecule has 0 bridgehead atoms. The van der Waals surface area contributed by atoms with Crippen molar-refractivity contribution in [3.05, 3.63) is 90.3 Å². The third-order valence-corrected chi connectivity index (χ3v) is 4.82. The number of carbonyl (C=O) groups excluding carboxylic acids is 1. The Morgan fingerprint density at radius 1 is 0.929 bits per heavy atom. The smallest absolute Gasteiger partial charge is 0.255 e. The minimum absolute atomic E-state index is 0.0722. The first-order valence-corrected chi connectivity index (χ1v) is 9.36. The van der Waals surface area contributed by atoms with Crippen LogP contribution in [-0.2, 0) is 5.41 Å². The van der Waals surface area contributed by atoms with Gasteiger partial charge in [0.2, 0.25) is 0 Å². The maximum Gasteiger partial charge on any atom is 0.255 e. The largest absolute Gasteiger partial charge is 0.322 e. The fourth-order valence-corrected chi connectivity index (χ4v) is 3.12. The van der Waals surface area contributed by atoms with Crippen molar-refractivity contribution in [2.45, 2.75) is 26.2 Å². The van der Waals surface area contributed by atoms with Crippen molar-refractivity contribution in [2.24, 2.45) is 0 Å². The standard InChI is InChI=1S/C24H23N3O/c1-24(2,3)19-11-7-18(8-12-19)23(28)25-20-13-9-17(10-14-20)21-16-27-15-5-4-6-22(27)26-21/h4-16H,1-3H3,(H,25,28). The van der Waals surface area contributed by atoms with Gasteiger partial charge in [0.25, 0.3) is 5.91 Å². The fraction of sp³-hybridized carbons (Fsp3) is 0.167. The molecule has 140 valence electrons. The van der Waals surface area contributed by atoms with E-state index in [0.29, 0.717) is 5.56 Å². The number of carbonyl (C=O) groups is 1. The van der Waals surface area contributed by atoms with Crippen LogP contribution in [0.1, 0.15) is 36.7 Å². The molecule has 4 rings (SSSR count). The van der Waals surface area contributed by atoms with E-state index in [2.05, 4.69) is 31.1 Å². The first kappa shape index (κ1) is 18.0. The third-order valence-electron chi connectivity index (χ3n) is 4.82. The maximum atomic E-state index is 12.5. The summed E-state index contributed by atoms with van der Waals surface area (Å²) in [4.78, 5) is 17.1. The molecule has 0 aliphatic heterocycles. The van der Waals surface area contributed by atoms with Crippen molar-refractivity contribution < 1.29 is 4.79 Å². The lowest BCUT2D eigenvalue weighted by Gasteiger charge is -2.19. The normalized spacial score (nSPS) is 11.5. The van der Waals surface area contributed by atoms with Gasteiger partial charge in [0.05, 0.1) is 5.69 Å². The fourth-order valence-electron chi connectivity index (χ4n) is 3.12. The summed E-state index contributed by atoms with van der Waals surface area (Å²) in [6.07, 6.45) is 3.98. The van der Waals surface area contributed by atoms with Gasteiger partial charge < -0.3 is 9.72 Å². The lowest BCUT2D eigenvalue weighted by molar-refractivity contribution is 0.102. The zero-order chi connectivity index (χ0) is 19.7. The zero-order valence-electron chi connectivity index (χ0n) is 16.3. The predicted octanol–water partition coefficient (Wildman–Crippen LogP) is 5.55. The Kier molecular flexibility index (Phi) is 4.47. The first-order chi connectivity index (χ1) is 13.4. The van der Waals surface area contributed by atoms with Gasteiger partial charge in [-0.05, 0) is 47.4 Å².